The Morgan fingerprint density at radius 1 is 1.00 bits per heavy atom. The van der Waals surface area contributed by atoms with Crippen molar-refractivity contribution in [1.82, 2.24) is 0 Å². The van der Waals surface area contributed by atoms with Crippen LogP contribution in [0, 0.1) is 0 Å². The topological polar surface area (TPSA) is 49.7 Å². The minimum atomic E-state index is -5.01. The summed E-state index contributed by atoms with van der Waals surface area (Å²) < 4.78 is 78.9. The van der Waals surface area contributed by atoms with Gasteiger partial charge in [-0.1, -0.05) is 6.07 Å². The monoisotopic (exact) mass is 288 g/mol. The quantitative estimate of drug-likeness (QED) is 0.662. The van der Waals surface area contributed by atoms with Crippen LogP contribution in [0.1, 0.15) is 16.7 Å². The van der Waals surface area contributed by atoms with Crippen molar-refractivity contribution in [2.24, 2.45) is 0 Å². The van der Waals surface area contributed by atoms with Gasteiger partial charge in [-0.2, -0.15) is 26.3 Å². The molecule has 0 aromatic heterocycles. The zero-order valence-corrected chi connectivity index (χ0v) is 9.09. The molecule has 0 unspecified atom stereocenters. The molecule has 0 bridgehead atoms. The average Bonchev–Trinajstić information content (AvgIpc) is 2.23. The summed E-state index contributed by atoms with van der Waals surface area (Å²) in [5, 5.41) is 16.7. The lowest BCUT2D eigenvalue weighted by Crippen LogP contribution is -2.19. The molecular formula is C9H7BF6O3. The Morgan fingerprint density at radius 2 is 1.58 bits per heavy atom. The van der Waals surface area contributed by atoms with Gasteiger partial charge >= 0.3 is 19.7 Å². The molecule has 0 radical (unpaired) electrons. The second kappa shape index (κ2) is 5.39. The highest BCUT2D eigenvalue weighted by Gasteiger charge is 2.38. The van der Waals surface area contributed by atoms with Gasteiger partial charge in [-0.05, 0) is 17.7 Å². The van der Waals surface area contributed by atoms with Gasteiger partial charge in [0.2, 0.25) is 0 Å². The molecular weight excluding hydrogens is 281 g/mol. The molecule has 106 valence electrons. The Hall–Kier alpha value is -1.26. The van der Waals surface area contributed by atoms with Crippen LogP contribution in [-0.2, 0) is 23.6 Å². The van der Waals surface area contributed by atoms with Crippen molar-refractivity contribution in [3.05, 3.63) is 34.9 Å². The average molecular weight is 288 g/mol. The van der Waals surface area contributed by atoms with E-state index >= 15 is 0 Å². The summed E-state index contributed by atoms with van der Waals surface area (Å²) in [5.74, 6) is 0. The predicted molar refractivity (Wildman–Crippen MR) is 51.4 cm³/mol. The molecule has 0 aliphatic rings. The Balaban J connectivity index is 3.18. The van der Waals surface area contributed by atoms with Gasteiger partial charge < -0.3 is 14.7 Å². The molecule has 0 heterocycles. The highest BCUT2D eigenvalue weighted by Crippen LogP contribution is 2.37. The van der Waals surface area contributed by atoms with E-state index in [0.717, 1.165) is 0 Å². The minimum Gasteiger partial charge on any atom is -0.402 e. The zero-order valence-electron chi connectivity index (χ0n) is 9.09. The SMILES string of the molecule is OB(O)OCc1ccc(C(F)(F)F)cc1C(F)(F)F. The molecule has 0 fully saturated rings. The number of alkyl halides is 6. The summed E-state index contributed by atoms with van der Waals surface area (Å²) in [7, 11) is -2.32. The number of halogens is 6. The summed E-state index contributed by atoms with van der Waals surface area (Å²) >= 11 is 0. The van der Waals surface area contributed by atoms with Crippen LogP contribution in [0.15, 0.2) is 18.2 Å². The van der Waals surface area contributed by atoms with Gasteiger partial charge in [0, 0.05) is 0 Å². The number of hydrogen-bond donors (Lipinski definition) is 2. The van der Waals surface area contributed by atoms with Crippen LogP contribution in [0.2, 0.25) is 0 Å². The fraction of sp³-hybridized carbons (Fsp3) is 0.333. The Kier molecular flexibility index (Phi) is 4.48. The molecule has 3 nitrogen and oxygen atoms in total. The lowest BCUT2D eigenvalue weighted by molar-refractivity contribution is -0.143. The minimum absolute atomic E-state index is 0.0531. The fourth-order valence-electron chi connectivity index (χ4n) is 1.31. The first kappa shape index (κ1) is 15.8. The second-order valence-electron chi connectivity index (χ2n) is 3.50. The van der Waals surface area contributed by atoms with E-state index in [1.807, 2.05) is 0 Å². The predicted octanol–water partition coefficient (Wildman–Crippen LogP) is 2.21. The lowest BCUT2D eigenvalue weighted by Gasteiger charge is -2.16. The Labute approximate surface area is 103 Å². The third-order valence-corrected chi connectivity index (χ3v) is 2.13. The lowest BCUT2D eigenvalue weighted by atomic mass is 10.0. The van der Waals surface area contributed by atoms with Gasteiger partial charge in [-0.3, -0.25) is 0 Å². The van der Waals surface area contributed by atoms with Crippen molar-refractivity contribution in [3.63, 3.8) is 0 Å². The van der Waals surface area contributed by atoms with Crippen LogP contribution >= 0.6 is 0 Å². The second-order valence-corrected chi connectivity index (χ2v) is 3.50. The van der Waals surface area contributed by atoms with Gasteiger partial charge in [0.1, 0.15) is 0 Å². The Bertz CT molecular complexity index is 443. The van der Waals surface area contributed by atoms with Gasteiger partial charge in [-0.15, -0.1) is 0 Å². The van der Waals surface area contributed by atoms with E-state index in [0.29, 0.717) is 12.1 Å². The third kappa shape index (κ3) is 4.41. The molecule has 19 heavy (non-hydrogen) atoms. The normalized spacial score (nSPS) is 12.6. The molecule has 0 spiro atoms. The standard InChI is InChI=1S/C9H7BF6O3/c11-8(12,13)6-2-1-5(4-19-10(17)18)7(3-6)9(14,15)16/h1-3,17-18H,4H2. The van der Waals surface area contributed by atoms with Crippen LogP contribution in [0.4, 0.5) is 26.3 Å². The molecule has 2 N–H and O–H groups in total. The summed E-state index contributed by atoms with van der Waals surface area (Å²) in [4.78, 5) is 0. The molecule has 0 aliphatic heterocycles. The van der Waals surface area contributed by atoms with Gasteiger partial charge in [0.25, 0.3) is 0 Å². The van der Waals surface area contributed by atoms with Crippen molar-refractivity contribution in [2.75, 3.05) is 0 Å². The van der Waals surface area contributed by atoms with E-state index in [2.05, 4.69) is 4.65 Å². The highest BCUT2D eigenvalue weighted by atomic mass is 19.4. The maximum Gasteiger partial charge on any atom is 0.634 e. The molecule has 1 aromatic rings. The van der Waals surface area contributed by atoms with Crippen LogP contribution in [0.3, 0.4) is 0 Å². The first-order valence-electron chi connectivity index (χ1n) is 4.77. The maximum absolute atomic E-state index is 12.6. The van der Waals surface area contributed by atoms with Gasteiger partial charge in [0.05, 0.1) is 17.7 Å². The summed E-state index contributed by atoms with van der Waals surface area (Å²) in [5.41, 5.74) is -3.62. The number of hydrogen-bond acceptors (Lipinski definition) is 3. The molecule has 0 aliphatic carbocycles. The van der Waals surface area contributed by atoms with Crippen molar-refractivity contribution in [1.29, 1.82) is 0 Å². The molecule has 0 saturated carbocycles. The summed E-state index contributed by atoms with van der Waals surface area (Å²) in [6.07, 6.45) is -9.92. The van der Waals surface area contributed by atoms with Crippen molar-refractivity contribution in [3.8, 4) is 0 Å². The molecule has 0 atom stereocenters. The van der Waals surface area contributed by atoms with Crippen LogP contribution in [-0.4, -0.2) is 17.4 Å². The van der Waals surface area contributed by atoms with Gasteiger partial charge in [0.15, 0.2) is 0 Å². The smallest absolute Gasteiger partial charge is 0.402 e. The zero-order chi connectivity index (χ0) is 14.8. The molecule has 10 heteroatoms. The largest absolute Gasteiger partial charge is 0.634 e. The molecule has 0 amide bonds. The van der Waals surface area contributed by atoms with Crippen molar-refractivity contribution >= 4 is 7.32 Å². The molecule has 1 aromatic carbocycles. The van der Waals surface area contributed by atoms with Crippen molar-refractivity contribution < 1.29 is 41.0 Å². The van der Waals surface area contributed by atoms with E-state index in [1.54, 1.807) is 0 Å². The van der Waals surface area contributed by atoms with E-state index in [4.69, 9.17) is 10.0 Å². The first-order chi connectivity index (χ1) is 8.51. The van der Waals surface area contributed by atoms with Crippen LogP contribution in [0.5, 0.6) is 0 Å². The van der Waals surface area contributed by atoms with Crippen LogP contribution in [0.25, 0.3) is 0 Å². The summed E-state index contributed by atoms with van der Waals surface area (Å²) in [6.45, 7) is -0.884. The molecule has 0 saturated heterocycles. The maximum atomic E-state index is 12.6. The number of rotatable bonds is 3. The molecule has 1 rings (SSSR count). The van der Waals surface area contributed by atoms with E-state index < -0.39 is 43.0 Å². The fourth-order valence-corrected chi connectivity index (χ4v) is 1.31. The van der Waals surface area contributed by atoms with Crippen LogP contribution < -0.4 is 0 Å². The highest BCUT2D eigenvalue weighted by molar-refractivity contribution is 6.32. The summed E-state index contributed by atoms with van der Waals surface area (Å²) in [6, 6.07) is 0.980. The number of benzene rings is 1. The van der Waals surface area contributed by atoms with E-state index in [9.17, 15) is 26.3 Å². The van der Waals surface area contributed by atoms with Gasteiger partial charge in [-0.25, -0.2) is 0 Å². The Morgan fingerprint density at radius 3 is 2.00 bits per heavy atom. The third-order valence-electron chi connectivity index (χ3n) is 2.13. The van der Waals surface area contributed by atoms with E-state index in [1.165, 1.54) is 0 Å². The van der Waals surface area contributed by atoms with E-state index in [-0.39, 0.29) is 6.07 Å². The first-order valence-corrected chi connectivity index (χ1v) is 4.77. The van der Waals surface area contributed by atoms with Crippen molar-refractivity contribution in [2.45, 2.75) is 19.0 Å².